The van der Waals surface area contributed by atoms with Crippen molar-refractivity contribution in [2.75, 3.05) is 57.7 Å². The fraction of sp³-hybridized carbons (Fsp3) is 0.440. The number of nitriles is 1. The molecule has 1 heterocycles. The van der Waals surface area contributed by atoms with Crippen molar-refractivity contribution in [3.05, 3.63) is 59.7 Å². The number of hydrogen-bond donors (Lipinski definition) is 1. The second-order valence-corrected chi connectivity index (χ2v) is 7.87. The number of para-hydroxylation sites is 2. The summed E-state index contributed by atoms with van der Waals surface area (Å²) in [6.45, 7) is 11.5. The first-order chi connectivity index (χ1) is 15.6. The van der Waals surface area contributed by atoms with Gasteiger partial charge in [0.2, 0.25) is 0 Å². The van der Waals surface area contributed by atoms with Crippen molar-refractivity contribution in [1.82, 2.24) is 14.7 Å². The third-order valence-electron chi connectivity index (χ3n) is 5.84. The highest BCUT2D eigenvalue weighted by Crippen LogP contribution is 2.24. The van der Waals surface area contributed by atoms with Crippen molar-refractivity contribution in [1.29, 1.82) is 5.26 Å². The molecular weight excluding hydrogens is 402 g/mol. The lowest BCUT2D eigenvalue weighted by molar-refractivity contribution is 0.143. The number of likely N-dealkylation sites (N-methyl/N-ethyl adjacent to an activating group) is 1. The monoisotopic (exact) mass is 435 g/mol. The van der Waals surface area contributed by atoms with Crippen molar-refractivity contribution >= 4 is 11.7 Å². The standard InChI is InChI=1S/C25H33N5O2/c1-3-28(4-2)17-18-32-24-8-6-5-7-23(24)27-25(31)30-15-13-29(14-16-30)20-22-11-9-21(19-26)10-12-22/h5-12H,3-4,13-18,20H2,1-2H3,(H,27,31). The van der Waals surface area contributed by atoms with Crippen LogP contribution in [0.1, 0.15) is 25.0 Å². The highest BCUT2D eigenvalue weighted by atomic mass is 16.5. The van der Waals surface area contributed by atoms with E-state index in [-0.39, 0.29) is 6.03 Å². The Bertz CT molecular complexity index is 897. The zero-order chi connectivity index (χ0) is 22.8. The third kappa shape index (κ3) is 6.71. The van der Waals surface area contributed by atoms with Gasteiger partial charge in [0, 0.05) is 39.3 Å². The van der Waals surface area contributed by atoms with Crippen molar-refractivity contribution < 1.29 is 9.53 Å². The Morgan fingerprint density at radius 3 is 2.41 bits per heavy atom. The van der Waals surface area contributed by atoms with Gasteiger partial charge in [-0.05, 0) is 42.9 Å². The number of urea groups is 1. The van der Waals surface area contributed by atoms with Crippen LogP contribution in [0.3, 0.4) is 0 Å². The number of amides is 2. The molecule has 0 bridgehead atoms. The molecule has 7 heteroatoms. The van der Waals surface area contributed by atoms with Gasteiger partial charge in [-0.3, -0.25) is 4.90 Å². The number of ether oxygens (including phenoxy) is 1. The molecule has 3 rings (SSSR count). The summed E-state index contributed by atoms with van der Waals surface area (Å²) in [5, 5.41) is 11.9. The molecule has 1 fully saturated rings. The van der Waals surface area contributed by atoms with Crippen LogP contribution >= 0.6 is 0 Å². The van der Waals surface area contributed by atoms with Crippen LogP contribution in [0, 0.1) is 11.3 Å². The number of nitrogens with one attached hydrogen (secondary N) is 1. The predicted octanol–water partition coefficient (Wildman–Crippen LogP) is 3.63. The number of anilines is 1. The minimum atomic E-state index is -0.0946. The first-order valence-corrected chi connectivity index (χ1v) is 11.3. The molecule has 0 aliphatic carbocycles. The van der Waals surface area contributed by atoms with E-state index in [0.29, 0.717) is 36.7 Å². The smallest absolute Gasteiger partial charge is 0.322 e. The van der Waals surface area contributed by atoms with Gasteiger partial charge in [0.1, 0.15) is 12.4 Å². The lowest BCUT2D eigenvalue weighted by Crippen LogP contribution is -2.49. The van der Waals surface area contributed by atoms with Gasteiger partial charge >= 0.3 is 6.03 Å². The quantitative estimate of drug-likeness (QED) is 0.651. The van der Waals surface area contributed by atoms with Gasteiger partial charge in [-0.1, -0.05) is 38.1 Å². The van der Waals surface area contributed by atoms with Gasteiger partial charge in [-0.25, -0.2) is 4.79 Å². The zero-order valence-corrected chi connectivity index (χ0v) is 19.1. The van der Waals surface area contributed by atoms with Crippen LogP contribution < -0.4 is 10.1 Å². The molecule has 1 aliphatic heterocycles. The summed E-state index contributed by atoms with van der Waals surface area (Å²) in [5.41, 5.74) is 2.56. The first kappa shape index (κ1) is 23.6. The van der Waals surface area contributed by atoms with E-state index in [9.17, 15) is 4.79 Å². The highest BCUT2D eigenvalue weighted by Gasteiger charge is 2.22. The van der Waals surface area contributed by atoms with Gasteiger partial charge in [0.25, 0.3) is 0 Å². The van der Waals surface area contributed by atoms with Crippen LogP contribution in [0.25, 0.3) is 0 Å². The molecule has 1 saturated heterocycles. The fourth-order valence-corrected chi connectivity index (χ4v) is 3.77. The van der Waals surface area contributed by atoms with Crippen molar-refractivity contribution in [2.45, 2.75) is 20.4 Å². The van der Waals surface area contributed by atoms with E-state index in [1.165, 1.54) is 5.56 Å². The summed E-state index contributed by atoms with van der Waals surface area (Å²) in [5.74, 6) is 0.701. The number of hydrogen-bond acceptors (Lipinski definition) is 5. The first-order valence-electron chi connectivity index (χ1n) is 11.3. The average molecular weight is 436 g/mol. The van der Waals surface area contributed by atoms with E-state index < -0.39 is 0 Å². The largest absolute Gasteiger partial charge is 0.490 e. The molecule has 7 nitrogen and oxygen atoms in total. The van der Waals surface area contributed by atoms with E-state index in [2.05, 4.69) is 35.0 Å². The molecule has 1 aliphatic rings. The van der Waals surface area contributed by atoms with Crippen LogP contribution in [-0.2, 0) is 6.54 Å². The van der Waals surface area contributed by atoms with Crippen LogP contribution in [0.4, 0.5) is 10.5 Å². The van der Waals surface area contributed by atoms with E-state index in [1.807, 2.05) is 53.4 Å². The normalized spacial score (nSPS) is 14.2. The van der Waals surface area contributed by atoms with Crippen LogP contribution in [0.5, 0.6) is 5.75 Å². The van der Waals surface area contributed by atoms with E-state index in [1.54, 1.807) is 0 Å². The Labute approximate surface area is 191 Å². The molecule has 0 atom stereocenters. The number of piperazine rings is 1. The summed E-state index contributed by atoms with van der Waals surface area (Å²) in [7, 11) is 0. The maximum atomic E-state index is 12.8. The fourth-order valence-electron chi connectivity index (χ4n) is 3.77. The van der Waals surface area contributed by atoms with E-state index in [0.717, 1.165) is 39.3 Å². The molecule has 0 unspecified atom stereocenters. The number of benzene rings is 2. The topological polar surface area (TPSA) is 71.8 Å². The van der Waals surface area contributed by atoms with Gasteiger partial charge in [-0.15, -0.1) is 0 Å². The van der Waals surface area contributed by atoms with Crippen LogP contribution in [-0.4, -0.2) is 73.2 Å². The summed E-state index contributed by atoms with van der Waals surface area (Å²) in [6, 6.07) is 17.3. The van der Waals surface area contributed by atoms with Crippen LogP contribution in [0.15, 0.2) is 48.5 Å². The van der Waals surface area contributed by atoms with Gasteiger partial charge in [-0.2, -0.15) is 5.26 Å². The Morgan fingerprint density at radius 2 is 1.75 bits per heavy atom. The lowest BCUT2D eigenvalue weighted by atomic mass is 10.1. The van der Waals surface area contributed by atoms with Crippen LogP contribution in [0.2, 0.25) is 0 Å². The number of carbonyl (C=O) groups is 1. The third-order valence-corrected chi connectivity index (χ3v) is 5.84. The van der Waals surface area contributed by atoms with E-state index in [4.69, 9.17) is 10.00 Å². The summed E-state index contributed by atoms with van der Waals surface area (Å²) in [4.78, 5) is 19.3. The molecule has 1 N–H and O–H groups in total. The molecule has 0 spiro atoms. The molecular formula is C25H33N5O2. The number of nitrogens with zero attached hydrogens (tertiary/aromatic N) is 4. The zero-order valence-electron chi connectivity index (χ0n) is 19.1. The maximum absolute atomic E-state index is 12.8. The molecule has 0 radical (unpaired) electrons. The summed E-state index contributed by atoms with van der Waals surface area (Å²) < 4.78 is 5.96. The minimum Gasteiger partial charge on any atom is -0.490 e. The summed E-state index contributed by atoms with van der Waals surface area (Å²) >= 11 is 0. The Kier molecular flexibility index (Phi) is 8.90. The molecule has 32 heavy (non-hydrogen) atoms. The van der Waals surface area contributed by atoms with Crippen molar-refractivity contribution in [3.63, 3.8) is 0 Å². The Hall–Kier alpha value is -3.08. The minimum absolute atomic E-state index is 0.0946. The van der Waals surface area contributed by atoms with Crippen molar-refractivity contribution in [2.24, 2.45) is 0 Å². The average Bonchev–Trinajstić information content (AvgIpc) is 2.84. The molecule has 0 aromatic heterocycles. The lowest BCUT2D eigenvalue weighted by Gasteiger charge is -2.34. The Balaban J connectivity index is 1.48. The predicted molar refractivity (Wildman–Crippen MR) is 127 cm³/mol. The highest BCUT2D eigenvalue weighted by molar-refractivity contribution is 5.91. The Morgan fingerprint density at radius 1 is 1.06 bits per heavy atom. The maximum Gasteiger partial charge on any atom is 0.322 e. The second kappa shape index (κ2) is 12.1. The molecule has 0 saturated carbocycles. The van der Waals surface area contributed by atoms with Gasteiger partial charge in [0.15, 0.2) is 0 Å². The summed E-state index contributed by atoms with van der Waals surface area (Å²) in [6.07, 6.45) is 0. The molecule has 2 amide bonds. The number of rotatable bonds is 9. The molecule has 2 aromatic rings. The second-order valence-electron chi connectivity index (χ2n) is 7.87. The van der Waals surface area contributed by atoms with Crippen molar-refractivity contribution in [3.8, 4) is 11.8 Å². The molecule has 170 valence electrons. The SMILES string of the molecule is CCN(CC)CCOc1ccccc1NC(=O)N1CCN(Cc2ccc(C#N)cc2)CC1. The van der Waals surface area contributed by atoms with E-state index >= 15 is 0 Å². The number of carbonyl (C=O) groups excluding carboxylic acids is 1. The van der Waals surface area contributed by atoms with Gasteiger partial charge in [0.05, 0.1) is 17.3 Å². The van der Waals surface area contributed by atoms with Gasteiger partial charge < -0.3 is 19.9 Å². The molecule has 2 aromatic carbocycles.